The van der Waals surface area contributed by atoms with Gasteiger partial charge in [-0.1, -0.05) is 34.8 Å². The highest BCUT2D eigenvalue weighted by atomic mass is 35.5. The van der Waals surface area contributed by atoms with Gasteiger partial charge >= 0.3 is 0 Å². The van der Waals surface area contributed by atoms with E-state index in [4.69, 9.17) is 34.8 Å². The van der Waals surface area contributed by atoms with E-state index in [-0.39, 0.29) is 36.6 Å². The maximum Gasteiger partial charge on any atom is 0.163 e. The second kappa shape index (κ2) is 10.7. The Morgan fingerprint density at radius 2 is 0.710 bits per heavy atom. The molecule has 0 aliphatic rings. The van der Waals surface area contributed by atoms with Gasteiger partial charge in [0.1, 0.15) is 0 Å². The first-order valence-electron chi connectivity index (χ1n) is 9.68. The van der Waals surface area contributed by atoms with Gasteiger partial charge in [0.15, 0.2) is 17.3 Å². The van der Waals surface area contributed by atoms with E-state index in [0.717, 1.165) is 0 Å². The normalized spacial score (nSPS) is 10.8. The van der Waals surface area contributed by atoms with Crippen LogP contribution >= 0.6 is 34.8 Å². The van der Waals surface area contributed by atoms with Gasteiger partial charge in [0.25, 0.3) is 0 Å². The molecule has 0 aromatic heterocycles. The van der Waals surface area contributed by atoms with Crippen LogP contribution in [0.4, 0.5) is 0 Å². The fourth-order valence-corrected chi connectivity index (χ4v) is 3.64. The molecule has 6 heteroatoms. The van der Waals surface area contributed by atoms with Gasteiger partial charge < -0.3 is 0 Å². The molecule has 0 aliphatic carbocycles. The number of carbonyl (C=O) groups is 3. The van der Waals surface area contributed by atoms with Crippen molar-refractivity contribution in [1.29, 1.82) is 0 Å². The van der Waals surface area contributed by atoms with Gasteiger partial charge in [0.05, 0.1) is 0 Å². The van der Waals surface area contributed by atoms with Crippen molar-refractivity contribution < 1.29 is 14.4 Å². The Hall–Kier alpha value is -2.46. The fraction of sp³-hybridized carbons (Fsp3) is 0.160. The van der Waals surface area contributed by atoms with Gasteiger partial charge in [0, 0.05) is 51.0 Å². The predicted octanol–water partition coefficient (Wildman–Crippen LogP) is 7.38. The average Bonchev–Trinajstić information content (AvgIpc) is 2.75. The number of halogens is 3. The summed E-state index contributed by atoms with van der Waals surface area (Å²) in [5, 5.41) is 1.59. The Kier molecular flexibility index (Phi) is 8.03. The summed E-state index contributed by atoms with van der Waals surface area (Å²) in [6, 6.07) is 19.7. The van der Waals surface area contributed by atoms with Gasteiger partial charge in [-0.3, -0.25) is 14.4 Å². The smallest absolute Gasteiger partial charge is 0.163 e. The van der Waals surface area contributed by atoms with Gasteiger partial charge in [-0.2, -0.15) is 0 Å². The maximum atomic E-state index is 12.8. The van der Waals surface area contributed by atoms with Crippen LogP contribution in [0.15, 0.2) is 72.8 Å². The first-order chi connectivity index (χ1) is 14.8. The van der Waals surface area contributed by atoms with Crippen LogP contribution in [0.25, 0.3) is 0 Å². The van der Waals surface area contributed by atoms with E-state index in [1.807, 2.05) is 0 Å². The molecule has 0 spiro atoms. The van der Waals surface area contributed by atoms with Crippen LogP contribution in [0.3, 0.4) is 0 Å². The van der Waals surface area contributed by atoms with Crippen LogP contribution in [-0.4, -0.2) is 17.3 Å². The SMILES string of the molecule is O=C(CC(CC(=O)c1ccc(Cl)cc1)CC(=O)c1ccc(Cl)cc1)c1ccc(Cl)cc1. The van der Waals surface area contributed by atoms with Crippen molar-refractivity contribution in [2.75, 3.05) is 0 Å². The number of carbonyl (C=O) groups excluding carboxylic acids is 3. The summed E-state index contributed by atoms with van der Waals surface area (Å²) in [5.74, 6) is -0.882. The third-order valence-electron chi connectivity index (χ3n) is 4.92. The highest BCUT2D eigenvalue weighted by molar-refractivity contribution is 6.31. The van der Waals surface area contributed by atoms with E-state index in [0.29, 0.717) is 31.8 Å². The molecule has 0 saturated carbocycles. The van der Waals surface area contributed by atoms with E-state index < -0.39 is 5.92 Å². The molecule has 3 rings (SSSR count). The molecule has 3 aromatic rings. The Bertz CT molecular complexity index is 931. The lowest BCUT2D eigenvalue weighted by molar-refractivity contribution is 0.0885. The van der Waals surface area contributed by atoms with Crippen LogP contribution in [-0.2, 0) is 0 Å². The number of Topliss-reactive ketones (excluding diaryl/α,β-unsaturated/α-hetero) is 3. The minimum absolute atomic E-state index is 0.0697. The number of hydrogen-bond donors (Lipinski definition) is 0. The zero-order chi connectivity index (χ0) is 22.4. The molecule has 0 heterocycles. The van der Waals surface area contributed by atoms with Gasteiger partial charge in [0.2, 0.25) is 0 Å². The van der Waals surface area contributed by atoms with Crippen molar-refractivity contribution in [2.45, 2.75) is 19.3 Å². The molecule has 0 radical (unpaired) electrons. The zero-order valence-electron chi connectivity index (χ0n) is 16.5. The molecule has 0 unspecified atom stereocenters. The van der Waals surface area contributed by atoms with Crippen molar-refractivity contribution in [3.63, 3.8) is 0 Å². The van der Waals surface area contributed by atoms with E-state index in [1.165, 1.54) is 0 Å². The molecule has 31 heavy (non-hydrogen) atoms. The molecular formula is C25H19Cl3O3. The van der Waals surface area contributed by atoms with Crippen LogP contribution in [0, 0.1) is 5.92 Å². The third kappa shape index (κ3) is 6.76. The standard InChI is InChI=1S/C25H19Cl3O3/c26-20-7-1-17(2-8-20)23(29)13-16(14-24(30)18-3-9-21(27)10-4-18)15-25(31)19-5-11-22(28)12-6-19/h1-12,16H,13-15H2. The highest BCUT2D eigenvalue weighted by Gasteiger charge is 2.23. The summed E-state index contributed by atoms with van der Waals surface area (Å²) >= 11 is 17.7. The molecule has 0 saturated heterocycles. The minimum atomic E-state index is -0.450. The summed E-state index contributed by atoms with van der Waals surface area (Å²) in [6.07, 6.45) is 0.209. The molecule has 0 N–H and O–H groups in total. The van der Waals surface area contributed by atoms with E-state index in [9.17, 15) is 14.4 Å². The lowest BCUT2D eigenvalue weighted by Crippen LogP contribution is -2.17. The van der Waals surface area contributed by atoms with Crippen molar-refractivity contribution in [3.8, 4) is 0 Å². The quantitative estimate of drug-likeness (QED) is 0.305. The second-order valence-corrected chi connectivity index (χ2v) is 8.58. The van der Waals surface area contributed by atoms with Crippen molar-refractivity contribution in [1.82, 2.24) is 0 Å². The van der Waals surface area contributed by atoms with Crippen LogP contribution in [0.5, 0.6) is 0 Å². The van der Waals surface area contributed by atoms with Gasteiger partial charge in [-0.25, -0.2) is 0 Å². The van der Waals surface area contributed by atoms with Gasteiger partial charge in [-0.15, -0.1) is 0 Å². The van der Waals surface area contributed by atoms with Crippen LogP contribution in [0.1, 0.15) is 50.3 Å². The van der Waals surface area contributed by atoms with Gasteiger partial charge in [-0.05, 0) is 78.7 Å². The number of hydrogen-bond acceptors (Lipinski definition) is 3. The molecule has 0 amide bonds. The first kappa shape index (κ1) is 23.2. The summed E-state index contributed by atoms with van der Waals surface area (Å²) in [7, 11) is 0. The monoisotopic (exact) mass is 472 g/mol. The van der Waals surface area contributed by atoms with Crippen LogP contribution in [0.2, 0.25) is 15.1 Å². The molecule has 158 valence electrons. The Balaban J connectivity index is 1.78. The Morgan fingerprint density at radius 1 is 0.484 bits per heavy atom. The number of benzene rings is 3. The Labute approximate surface area is 195 Å². The molecule has 0 atom stereocenters. The summed E-state index contributed by atoms with van der Waals surface area (Å²) < 4.78 is 0. The maximum absolute atomic E-state index is 12.8. The third-order valence-corrected chi connectivity index (χ3v) is 5.68. The number of ketones is 3. The minimum Gasteiger partial charge on any atom is -0.294 e. The summed E-state index contributed by atoms with van der Waals surface area (Å²) in [4.78, 5) is 38.4. The molecule has 3 nitrogen and oxygen atoms in total. The zero-order valence-corrected chi connectivity index (χ0v) is 18.8. The van der Waals surface area contributed by atoms with Crippen molar-refractivity contribution in [2.24, 2.45) is 5.92 Å². The Morgan fingerprint density at radius 3 is 0.935 bits per heavy atom. The topological polar surface area (TPSA) is 51.2 Å². The molecule has 0 aliphatic heterocycles. The molecule has 3 aromatic carbocycles. The highest BCUT2D eigenvalue weighted by Crippen LogP contribution is 2.24. The summed E-state index contributed by atoms with van der Waals surface area (Å²) in [5.41, 5.74) is 1.48. The molecular weight excluding hydrogens is 455 g/mol. The number of rotatable bonds is 9. The average molecular weight is 474 g/mol. The lowest BCUT2D eigenvalue weighted by atomic mass is 9.87. The molecule has 0 fully saturated rings. The lowest BCUT2D eigenvalue weighted by Gasteiger charge is -2.15. The van der Waals surface area contributed by atoms with Crippen molar-refractivity contribution >= 4 is 52.2 Å². The van der Waals surface area contributed by atoms with Crippen LogP contribution < -0.4 is 0 Å². The van der Waals surface area contributed by atoms with E-state index >= 15 is 0 Å². The van der Waals surface area contributed by atoms with Crippen molar-refractivity contribution in [3.05, 3.63) is 105 Å². The molecule has 0 bridgehead atoms. The largest absolute Gasteiger partial charge is 0.294 e. The summed E-state index contributed by atoms with van der Waals surface area (Å²) in [6.45, 7) is 0. The fourth-order valence-electron chi connectivity index (χ4n) is 3.26. The first-order valence-corrected chi connectivity index (χ1v) is 10.8. The second-order valence-electron chi connectivity index (χ2n) is 7.27. The van der Waals surface area contributed by atoms with E-state index in [1.54, 1.807) is 72.8 Å². The van der Waals surface area contributed by atoms with E-state index in [2.05, 4.69) is 0 Å². The predicted molar refractivity (Wildman–Crippen MR) is 125 cm³/mol.